The van der Waals surface area contributed by atoms with E-state index in [1.165, 1.54) is 19.3 Å². The molecule has 28 heavy (non-hydrogen) atoms. The fourth-order valence-corrected chi connectivity index (χ4v) is 3.11. The number of hydrogen-bond donors (Lipinski definition) is 2. The van der Waals surface area contributed by atoms with E-state index in [9.17, 15) is 14.9 Å². The SMILES string of the molecule is COc1ccc(NC(=O)/C(C#N)=C/c2cc(Cl)c(OCC(=O)O)c(Br)c2)cc1. The van der Waals surface area contributed by atoms with E-state index in [4.69, 9.17) is 26.2 Å². The summed E-state index contributed by atoms with van der Waals surface area (Å²) in [6, 6.07) is 11.5. The predicted octanol–water partition coefficient (Wildman–Crippen LogP) is 4.12. The molecule has 9 heteroatoms. The van der Waals surface area contributed by atoms with Crippen molar-refractivity contribution >= 4 is 51.2 Å². The first kappa shape index (κ1) is 21.3. The van der Waals surface area contributed by atoms with Gasteiger partial charge >= 0.3 is 5.97 Å². The average molecular weight is 466 g/mol. The van der Waals surface area contributed by atoms with Gasteiger partial charge in [0.15, 0.2) is 12.4 Å². The minimum atomic E-state index is -1.14. The molecule has 0 spiro atoms. The number of carboxylic acid groups (broad SMARTS) is 1. The van der Waals surface area contributed by atoms with Crippen LogP contribution in [0, 0.1) is 11.3 Å². The van der Waals surface area contributed by atoms with Gasteiger partial charge in [0.2, 0.25) is 0 Å². The van der Waals surface area contributed by atoms with Crippen LogP contribution in [-0.2, 0) is 9.59 Å². The molecule has 0 bridgehead atoms. The molecule has 0 aliphatic heterocycles. The molecule has 0 aliphatic carbocycles. The normalized spacial score (nSPS) is 10.7. The minimum absolute atomic E-state index is 0.134. The highest BCUT2D eigenvalue weighted by molar-refractivity contribution is 9.10. The molecule has 0 saturated heterocycles. The highest BCUT2D eigenvalue weighted by atomic mass is 79.9. The number of anilines is 1. The van der Waals surface area contributed by atoms with E-state index in [1.807, 2.05) is 6.07 Å². The lowest BCUT2D eigenvalue weighted by atomic mass is 10.1. The van der Waals surface area contributed by atoms with Gasteiger partial charge in [-0.05, 0) is 64.0 Å². The fourth-order valence-electron chi connectivity index (χ4n) is 2.12. The number of rotatable bonds is 7. The Morgan fingerprint density at radius 2 is 2.00 bits per heavy atom. The summed E-state index contributed by atoms with van der Waals surface area (Å²) in [6.45, 7) is -0.554. The molecule has 1 amide bonds. The Morgan fingerprint density at radius 3 is 2.54 bits per heavy atom. The van der Waals surface area contributed by atoms with Crippen molar-refractivity contribution in [3.8, 4) is 17.6 Å². The van der Waals surface area contributed by atoms with Crippen LogP contribution in [0.1, 0.15) is 5.56 Å². The number of carbonyl (C=O) groups excluding carboxylic acids is 1. The minimum Gasteiger partial charge on any atom is -0.497 e. The molecule has 7 nitrogen and oxygen atoms in total. The monoisotopic (exact) mass is 464 g/mol. The predicted molar refractivity (Wildman–Crippen MR) is 107 cm³/mol. The molecule has 0 radical (unpaired) electrons. The number of carbonyl (C=O) groups is 2. The summed E-state index contributed by atoms with van der Waals surface area (Å²) in [6.07, 6.45) is 1.36. The standard InChI is InChI=1S/C19H14BrClN2O5/c1-27-14-4-2-13(3-5-14)23-19(26)12(9-22)6-11-7-15(20)18(16(21)8-11)28-10-17(24)25/h2-8H,10H2,1H3,(H,23,26)(H,24,25)/b12-6+. The van der Waals surface area contributed by atoms with E-state index >= 15 is 0 Å². The lowest BCUT2D eigenvalue weighted by Crippen LogP contribution is -2.13. The molecule has 0 unspecified atom stereocenters. The molecular formula is C19H14BrClN2O5. The van der Waals surface area contributed by atoms with Crippen molar-refractivity contribution in [2.45, 2.75) is 0 Å². The molecule has 2 rings (SSSR count). The van der Waals surface area contributed by atoms with Crippen molar-refractivity contribution in [2.75, 3.05) is 19.0 Å². The van der Waals surface area contributed by atoms with Crippen LogP contribution in [0.15, 0.2) is 46.4 Å². The van der Waals surface area contributed by atoms with Crippen molar-refractivity contribution in [2.24, 2.45) is 0 Å². The first-order chi connectivity index (χ1) is 13.3. The van der Waals surface area contributed by atoms with Crippen LogP contribution in [0.2, 0.25) is 5.02 Å². The Hall–Kier alpha value is -3.02. The van der Waals surface area contributed by atoms with Crippen molar-refractivity contribution < 1.29 is 24.2 Å². The van der Waals surface area contributed by atoms with Gasteiger partial charge in [-0.1, -0.05) is 11.6 Å². The second kappa shape index (κ2) is 9.78. The number of aliphatic carboxylic acids is 1. The smallest absolute Gasteiger partial charge is 0.341 e. The van der Waals surface area contributed by atoms with Crippen LogP contribution in [0.5, 0.6) is 11.5 Å². The Kier molecular flexibility index (Phi) is 7.44. The maximum absolute atomic E-state index is 12.3. The van der Waals surface area contributed by atoms with E-state index in [0.29, 0.717) is 21.5 Å². The Labute approximate surface area is 174 Å². The van der Waals surface area contributed by atoms with Gasteiger partial charge in [0, 0.05) is 5.69 Å². The van der Waals surface area contributed by atoms with Gasteiger partial charge in [-0.15, -0.1) is 0 Å². The van der Waals surface area contributed by atoms with Gasteiger partial charge in [-0.25, -0.2) is 4.79 Å². The van der Waals surface area contributed by atoms with E-state index < -0.39 is 18.5 Å². The number of amides is 1. The number of carboxylic acids is 1. The molecule has 2 aromatic rings. The number of hydrogen-bond acceptors (Lipinski definition) is 5. The maximum Gasteiger partial charge on any atom is 0.341 e. The molecule has 0 saturated carbocycles. The summed E-state index contributed by atoms with van der Waals surface area (Å²) in [7, 11) is 1.53. The lowest BCUT2D eigenvalue weighted by Gasteiger charge is -2.10. The molecule has 144 valence electrons. The van der Waals surface area contributed by atoms with Crippen LogP contribution >= 0.6 is 27.5 Å². The number of nitriles is 1. The van der Waals surface area contributed by atoms with Crippen molar-refractivity contribution in [3.05, 3.63) is 57.0 Å². The highest BCUT2D eigenvalue weighted by Gasteiger charge is 2.13. The Balaban J connectivity index is 2.21. The number of halogens is 2. The van der Waals surface area contributed by atoms with Crippen molar-refractivity contribution in [1.29, 1.82) is 5.26 Å². The molecule has 0 aromatic heterocycles. The summed E-state index contributed by atoms with van der Waals surface area (Å²) in [5, 5.41) is 20.8. The number of ether oxygens (including phenoxy) is 2. The summed E-state index contributed by atoms with van der Waals surface area (Å²) >= 11 is 9.35. The van der Waals surface area contributed by atoms with Crippen molar-refractivity contribution in [1.82, 2.24) is 0 Å². The number of nitrogens with zero attached hydrogens (tertiary/aromatic N) is 1. The van der Waals surface area contributed by atoms with Gasteiger partial charge < -0.3 is 19.9 Å². The summed E-state index contributed by atoms with van der Waals surface area (Å²) in [5.74, 6) is -0.943. The number of methoxy groups -OCH3 is 1. The summed E-state index contributed by atoms with van der Waals surface area (Å²) in [5.41, 5.74) is 0.822. The Morgan fingerprint density at radius 1 is 1.32 bits per heavy atom. The highest BCUT2D eigenvalue weighted by Crippen LogP contribution is 2.35. The molecule has 0 aliphatic rings. The number of benzene rings is 2. The van der Waals surface area contributed by atoms with Gasteiger partial charge in [0.1, 0.15) is 17.4 Å². The zero-order valence-corrected chi connectivity index (χ0v) is 16.9. The zero-order chi connectivity index (χ0) is 20.7. The third kappa shape index (κ3) is 5.74. The van der Waals surface area contributed by atoms with Crippen LogP contribution in [0.4, 0.5) is 5.69 Å². The van der Waals surface area contributed by atoms with Gasteiger partial charge in [-0.3, -0.25) is 4.79 Å². The molecule has 2 N–H and O–H groups in total. The second-order valence-electron chi connectivity index (χ2n) is 5.35. The Bertz CT molecular complexity index is 944. The van der Waals surface area contributed by atoms with Crippen LogP contribution in [0.3, 0.4) is 0 Å². The second-order valence-corrected chi connectivity index (χ2v) is 6.61. The topological polar surface area (TPSA) is 109 Å². The fraction of sp³-hybridized carbons (Fsp3) is 0.105. The average Bonchev–Trinajstić information content (AvgIpc) is 2.65. The maximum atomic E-state index is 12.3. The third-order valence-electron chi connectivity index (χ3n) is 3.38. The molecule has 2 aromatic carbocycles. The molecule has 0 heterocycles. The lowest BCUT2D eigenvalue weighted by molar-refractivity contribution is -0.139. The van der Waals surface area contributed by atoms with E-state index in [1.54, 1.807) is 30.3 Å². The summed E-state index contributed by atoms with van der Waals surface area (Å²) in [4.78, 5) is 23.0. The third-order valence-corrected chi connectivity index (χ3v) is 4.25. The first-order valence-electron chi connectivity index (χ1n) is 7.75. The van der Waals surface area contributed by atoms with Gasteiger partial charge in [-0.2, -0.15) is 5.26 Å². The molecular weight excluding hydrogens is 452 g/mol. The first-order valence-corrected chi connectivity index (χ1v) is 8.92. The largest absolute Gasteiger partial charge is 0.497 e. The quantitative estimate of drug-likeness (QED) is 0.470. The van der Waals surface area contributed by atoms with Crippen LogP contribution in [-0.4, -0.2) is 30.7 Å². The zero-order valence-electron chi connectivity index (χ0n) is 14.5. The van der Waals surface area contributed by atoms with E-state index in [2.05, 4.69) is 21.2 Å². The van der Waals surface area contributed by atoms with E-state index in [-0.39, 0.29) is 16.3 Å². The number of nitrogens with one attached hydrogen (secondary N) is 1. The van der Waals surface area contributed by atoms with E-state index in [0.717, 1.165) is 0 Å². The van der Waals surface area contributed by atoms with Crippen molar-refractivity contribution in [3.63, 3.8) is 0 Å². The van der Waals surface area contributed by atoms with Gasteiger partial charge in [0.05, 0.1) is 16.6 Å². The van der Waals surface area contributed by atoms with Gasteiger partial charge in [0.25, 0.3) is 5.91 Å². The molecule has 0 atom stereocenters. The molecule has 0 fully saturated rings. The van der Waals surface area contributed by atoms with Crippen LogP contribution in [0.25, 0.3) is 6.08 Å². The van der Waals surface area contributed by atoms with Crippen LogP contribution < -0.4 is 14.8 Å². The summed E-state index contributed by atoms with van der Waals surface area (Å²) < 4.78 is 10.5.